The van der Waals surface area contributed by atoms with Crippen LogP contribution in [0.15, 0.2) is 97.1 Å². The molecule has 8 rings (SSSR count). The number of hydrogen-bond donors (Lipinski definition) is 0. The summed E-state index contributed by atoms with van der Waals surface area (Å²) in [4.78, 5) is 42.2. The molecular formula is C33H25NO4. The first-order chi connectivity index (χ1) is 18.5. The second-order valence-electron chi connectivity index (χ2n) is 10.3. The Morgan fingerprint density at radius 3 is 1.68 bits per heavy atom. The van der Waals surface area contributed by atoms with Gasteiger partial charge in [-0.1, -0.05) is 90.5 Å². The highest BCUT2D eigenvalue weighted by Gasteiger charge is 2.62. The maximum absolute atomic E-state index is 14.1. The lowest BCUT2D eigenvalue weighted by atomic mass is 9.55. The Balaban J connectivity index is 1.24. The van der Waals surface area contributed by atoms with E-state index in [4.69, 9.17) is 4.74 Å². The van der Waals surface area contributed by atoms with E-state index in [0.29, 0.717) is 17.0 Å². The molecule has 186 valence electrons. The highest BCUT2D eigenvalue weighted by molar-refractivity contribution is 6.24. The van der Waals surface area contributed by atoms with Crippen molar-refractivity contribution in [3.63, 3.8) is 0 Å². The van der Waals surface area contributed by atoms with Crippen LogP contribution in [-0.2, 0) is 9.59 Å². The molecule has 0 saturated carbocycles. The van der Waals surface area contributed by atoms with Crippen LogP contribution in [0, 0.1) is 18.8 Å². The molecule has 0 spiro atoms. The third-order valence-corrected chi connectivity index (χ3v) is 8.29. The maximum Gasteiger partial charge on any atom is 0.238 e. The molecule has 0 unspecified atom stereocenters. The van der Waals surface area contributed by atoms with Crippen molar-refractivity contribution in [2.45, 2.75) is 18.8 Å². The Morgan fingerprint density at radius 1 is 0.684 bits per heavy atom. The number of ketones is 1. The number of imide groups is 1. The topological polar surface area (TPSA) is 63.7 Å². The van der Waals surface area contributed by atoms with Crippen molar-refractivity contribution in [2.24, 2.45) is 11.8 Å². The molecule has 3 aliphatic carbocycles. The second kappa shape index (κ2) is 8.52. The number of aryl methyl sites for hydroxylation is 1. The van der Waals surface area contributed by atoms with Crippen LogP contribution in [0.25, 0.3) is 0 Å². The van der Waals surface area contributed by atoms with E-state index in [1.807, 2.05) is 43.3 Å². The summed E-state index contributed by atoms with van der Waals surface area (Å²) in [5, 5.41) is 0. The summed E-state index contributed by atoms with van der Waals surface area (Å²) in [7, 11) is 0. The maximum atomic E-state index is 14.1. The van der Waals surface area contributed by atoms with Gasteiger partial charge in [0.1, 0.15) is 5.75 Å². The average molecular weight is 500 g/mol. The minimum atomic E-state index is -0.473. The van der Waals surface area contributed by atoms with Gasteiger partial charge in [-0.05, 0) is 41.3 Å². The quantitative estimate of drug-likeness (QED) is 0.263. The number of carbonyl (C=O) groups excluding carboxylic acids is 3. The summed E-state index contributed by atoms with van der Waals surface area (Å²) < 4.78 is 5.94. The number of carbonyl (C=O) groups is 3. The lowest BCUT2D eigenvalue weighted by molar-refractivity contribution is -0.122. The van der Waals surface area contributed by atoms with Crippen molar-refractivity contribution in [3.05, 3.63) is 130 Å². The number of Topliss-reactive ketones (excluding diaryl/α,β-unsaturated/α-hetero) is 1. The normalized spacial score (nSPS) is 22.6. The summed E-state index contributed by atoms with van der Waals surface area (Å²) in [6.07, 6.45) is 0. The summed E-state index contributed by atoms with van der Waals surface area (Å²) in [6, 6.07) is 30.7. The lowest BCUT2D eigenvalue weighted by Crippen LogP contribution is -2.41. The van der Waals surface area contributed by atoms with Gasteiger partial charge in [-0.25, -0.2) is 4.90 Å². The number of para-hydroxylation sites is 2. The number of benzene rings is 4. The molecule has 38 heavy (non-hydrogen) atoms. The van der Waals surface area contributed by atoms with E-state index in [9.17, 15) is 14.4 Å². The first kappa shape index (κ1) is 22.7. The molecule has 5 heteroatoms. The Labute approximate surface area is 220 Å². The molecule has 0 N–H and O–H groups in total. The van der Waals surface area contributed by atoms with Gasteiger partial charge in [-0.15, -0.1) is 0 Å². The molecule has 4 aromatic carbocycles. The molecule has 1 fully saturated rings. The number of hydrogen-bond acceptors (Lipinski definition) is 4. The molecule has 1 aliphatic heterocycles. The van der Waals surface area contributed by atoms with E-state index in [0.717, 1.165) is 27.8 Å². The Hall–Kier alpha value is -4.51. The van der Waals surface area contributed by atoms with Crippen molar-refractivity contribution in [1.82, 2.24) is 0 Å². The van der Waals surface area contributed by atoms with Gasteiger partial charge in [0, 0.05) is 17.4 Å². The predicted molar refractivity (Wildman–Crippen MR) is 143 cm³/mol. The molecule has 0 radical (unpaired) electrons. The van der Waals surface area contributed by atoms with E-state index in [1.54, 1.807) is 36.4 Å². The fourth-order valence-corrected chi connectivity index (χ4v) is 6.64. The van der Waals surface area contributed by atoms with Crippen LogP contribution in [-0.4, -0.2) is 24.2 Å². The third kappa shape index (κ3) is 3.21. The van der Waals surface area contributed by atoms with Gasteiger partial charge in [-0.2, -0.15) is 0 Å². The van der Waals surface area contributed by atoms with Crippen LogP contribution in [0.1, 0.15) is 50.0 Å². The van der Waals surface area contributed by atoms with Gasteiger partial charge in [0.2, 0.25) is 11.8 Å². The molecule has 2 bridgehead atoms. The average Bonchev–Trinajstić information content (AvgIpc) is 3.22. The van der Waals surface area contributed by atoms with Gasteiger partial charge < -0.3 is 4.74 Å². The van der Waals surface area contributed by atoms with Crippen LogP contribution < -0.4 is 9.64 Å². The van der Waals surface area contributed by atoms with Crippen LogP contribution in [0.4, 0.5) is 5.69 Å². The van der Waals surface area contributed by atoms with E-state index in [1.165, 1.54) is 4.90 Å². The Kier molecular flexibility index (Phi) is 5.08. The van der Waals surface area contributed by atoms with Crippen LogP contribution >= 0.6 is 0 Å². The fourth-order valence-electron chi connectivity index (χ4n) is 6.64. The van der Waals surface area contributed by atoms with Crippen LogP contribution in [0.3, 0.4) is 0 Å². The minimum absolute atomic E-state index is 0.170. The van der Waals surface area contributed by atoms with Crippen molar-refractivity contribution in [3.8, 4) is 5.75 Å². The summed E-state index contributed by atoms with van der Waals surface area (Å²) >= 11 is 0. The standard InChI is InChI=1S/C33H25NO4/c1-19-14-16-20(17-15-19)26(35)18-38-27-13-7-6-12-25(27)34-32(36)30-28-21-8-2-3-9-22(21)29(31(30)33(34)37)24-11-5-4-10-23(24)28/h2-17,28-31H,18H2,1H3/t28?,29?,30-,31+. The number of anilines is 1. The van der Waals surface area contributed by atoms with Gasteiger partial charge in [-0.3, -0.25) is 14.4 Å². The second-order valence-corrected chi connectivity index (χ2v) is 10.3. The number of nitrogens with zero attached hydrogens (tertiary/aromatic N) is 1. The highest BCUT2D eigenvalue weighted by Crippen LogP contribution is 2.61. The lowest BCUT2D eigenvalue weighted by Gasteiger charge is -2.45. The highest BCUT2D eigenvalue weighted by atomic mass is 16.5. The zero-order valence-electron chi connectivity index (χ0n) is 20.8. The number of amides is 2. The zero-order valence-corrected chi connectivity index (χ0v) is 20.8. The van der Waals surface area contributed by atoms with Crippen molar-refractivity contribution in [2.75, 3.05) is 11.5 Å². The first-order valence-corrected chi connectivity index (χ1v) is 12.9. The smallest absolute Gasteiger partial charge is 0.238 e. The predicted octanol–water partition coefficient (Wildman–Crippen LogP) is 5.65. The summed E-state index contributed by atoms with van der Waals surface area (Å²) in [5.41, 5.74) is 6.55. The van der Waals surface area contributed by atoms with Crippen molar-refractivity contribution in [1.29, 1.82) is 0 Å². The van der Waals surface area contributed by atoms with Crippen molar-refractivity contribution >= 4 is 23.3 Å². The van der Waals surface area contributed by atoms with Crippen molar-refractivity contribution < 1.29 is 19.1 Å². The molecule has 4 aliphatic rings. The number of rotatable bonds is 5. The zero-order chi connectivity index (χ0) is 26.0. The summed E-state index contributed by atoms with van der Waals surface area (Å²) in [5.74, 6) is -1.53. The van der Waals surface area contributed by atoms with Gasteiger partial charge >= 0.3 is 0 Å². The van der Waals surface area contributed by atoms with E-state index in [2.05, 4.69) is 24.3 Å². The monoisotopic (exact) mass is 499 g/mol. The minimum Gasteiger partial charge on any atom is -0.483 e. The largest absolute Gasteiger partial charge is 0.483 e. The van der Waals surface area contributed by atoms with E-state index >= 15 is 0 Å². The van der Waals surface area contributed by atoms with Gasteiger partial charge in [0.05, 0.1) is 17.5 Å². The molecule has 1 heterocycles. The molecular weight excluding hydrogens is 474 g/mol. The van der Waals surface area contributed by atoms with Gasteiger partial charge in [0.25, 0.3) is 0 Å². The molecule has 5 nitrogen and oxygen atoms in total. The first-order valence-electron chi connectivity index (χ1n) is 12.9. The SMILES string of the molecule is Cc1ccc(C(=O)COc2ccccc2N2C(=O)[C@@H]3C4c5ccccc5C(c5ccccc54)[C@@H]3C2=O)cc1. The number of ether oxygens (including phenoxy) is 1. The Morgan fingerprint density at radius 2 is 1.16 bits per heavy atom. The van der Waals surface area contributed by atoms with E-state index < -0.39 is 11.8 Å². The third-order valence-electron chi connectivity index (χ3n) is 8.29. The molecule has 0 aromatic heterocycles. The van der Waals surface area contributed by atoms with Gasteiger partial charge in [0.15, 0.2) is 12.4 Å². The fraction of sp³-hybridized carbons (Fsp3) is 0.182. The van der Waals surface area contributed by atoms with E-state index in [-0.39, 0.29) is 36.0 Å². The molecule has 4 aromatic rings. The molecule has 1 saturated heterocycles. The van der Waals surface area contributed by atoms with Crippen LogP contribution in [0.2, 0.25) is 0 Å². The molecule has 2 amide bonds. The Bertz CT molecular complexity index is 1510. The summed E-state index contributed by atoms with van der Waals surface area (Å²) in [6.45, 7) is 1.77. The van der Waals surface area contributed by atoms with Crippen LogP contribution in [0.5, 0.6) is 5.75 Å². The molecule has 2 atom stereocenters.